The number of carbonyl (C=O) groups excluding carboxylic acids is 4. The van der Waals surface area contributed by atoms with Gasteiger partial charge in [0.1, 0.15) is 22.8 Å². The molecule has 0 aromatic heterocycles. The van der Waals surface area contributed by atoms with Crippen molar-refractivity contribution >= 4 is 46.0 Å². The minimum atomic E-state index is -2.57. The van der Waals surface area contributed by atoms with Crippen molar-refractivity contribution in [3.05, 3.63) is 49.5 Å². The SMILES string of the molecule is CCOC(=O)COC1=C(C(N)=O)C(=O)[C@@]2(O)C(O)=C3C(=O)c4c(O)ccc(I)c4CC3C[C@H]2C1. The summed E-state index contributed by atoms with van der Waals surface area (Å²) >= 11 is 2.05. The van der Waals surface area contributed by atoms with E-state index < -0.39 is 58.8 Å². The number of fused-ring (bicyclic) bond motifs is 3. The Hall–Kier alpha value is -2.93. The minimum Gasteiger partial charge on any atom is -0.508 e. The van der Waals surface area contributed by atoms with Gasteiger partial charge in [0.2, 0.25) is 5.78 Å². The van der Waals surface area contributed by atoms with E-state index in [0.717, 1.165) is 3.57 Å². The summed E-state index contributed by atoms with van der Waals surface area (Å²) in [5, 5.41) is 32.8. The second kappa shape index (κ2) is 8.69. The van der Waals surface area contributed by atoms with Crippen LogP contribution in [0, 0.1) is 15.4 Å². The van der Waals surface area contributed by atoms with Crippen molar-refractivity contribution in [3.63, 3.8) is 0 Å². The van der Waals surface area contributed by atoms with Crippen LogP contribution in [0.5, 0.6) is 5.75 Å². The monoisotopic (exact) mass is 583 g/mol. The molecule has 3 atom stereocenters. The fourth-order valence-electron chi connectivity index (χ4n) is 5.04. The summed E-state index contributed by atoms with van der Waals surface area (Å²) < 4.78 is 10.9. The Bertz CT molecular complexity index is 1200. The van der Waals surface area contributed by atoms with E-state index in [1.165, 1.54) is 6.07 Å². The Morgan fingerprint density at radius 1 is 1.24 bits per heavy atom. The van der Waals surface area contributed by atoms with Crippen LogP contribution in [0.15, 0.2) is 34.8 Å². The van der Waals surface area contributed by atoms with Gasteiger partial charge in [-0.2, -0.15) is 0 Å². The van der Waals surface area contributed by atoms with E-state index in [9.17, 15) is 34.5 Å². The van der Waals surface area contributed by atoms with Crippen molar-refractivity contribution in [2.75, 3.05) is 13.2 Å². The molecule has 1 aromatic rings. The van der Waals surface area contributed by atoms with Gasteiger partial charge < -0.3 is 30.5 Å². The summed E-state index contributed by atoms with van der Waals surface area (Å²) in [7, 11) is 0. The lowest BCUT2D eigenvalue weighted by Crippen LogP contribution is -2.57. The molecule has 3 aliphatic carbocycles. The summed E-state index contributed by atoms with van der Waals surface area (Å²) in [6.07, 6.45) is 0.224. The number of phenolic OH excluding ortho intramolecular Hbond substituents is 1. The maximum Gasteiger partial charge on any atom is 0.344 e. The summed E-state index contributed by atoms with van der Waals surface area (Å²) in [5.74, 6) is -6.60. The van der Waals surface area contributed by atoms with Gasteiger partial charge in [-0.15, -0.1) is 0 Å². The van der Waals surface area contributed by atoms with E-state index >= 15 is 0 Å². The Labute approximate surface area is 207 Å². The number of ether oxygens (including phenoxy) is 2. The summed E-state index contributed by atoms with van der Waals surface area (Å²) in [5.41, 5.74) is 2.58. The number of rotatable bonds is 5. The highest BCUT2D eigenvalue weighted by molar-refractivity contribution is 14.1. The molecule has 0 aliphatic heterocycles. The number of nitrogens with two attached hydrogens (primary N) is 1. The van der Waals surface area contributed by atoms with Crippen LogP contribution >= 0.6 is 22.6 Å². The Morgan fingerprint density at radius 2 is 1.94 bits per heavy atom. The number of hydrogen-bond acceptors (Lipinski definition) is 9. The fourth-order valence-corrected chi connectivity index (χ4v) is 5.71. The molecule has 1 amide bonds. The summed E-state index contributed by atoms with van der Waals surface area (Å²) in [6.45, 7) is 1.14. The van der Waals surface area contributed by atoms with E-state index in [1.54, 1.807) is 13.0 Å². The zero-order valence-electron chi connectivity index (χ0n) is 18.1. The van der Waals surface area contributed by atoms with Gasteiger partial charge >= 0.3 is 5.97 Å². The summed E-state index contributed by atoms with van der Waals surface area (Å²) in [4.78, 5) is 50.4. The van der Waals surface area contributed by atoms with Gasteiger partial charge in [0, 0.05) is 21.5 Å². The molecular formula is C23H22INO9. The van der Waals surface area contributed by atoms with E-state index in [-0.39, 0.29) is 42.1 Å². The van der Waals surface area contributed by atoms with Crippen molar-refractivity contribution in [2.45, 2.75) is 31.8 Å². The highest BCUT2D eigenvalue weighted by Gasteiger charge is 2.60. The number of aliphatic hydroxyl groups is 2. The fraction of sp³-hybridized carbons (Fsp3) is 0.391. The number of aromatic hydroxyl groups is 1. The second-order valence-corrected chi connectivity index (χ2v) is 9.56. The lowest BCUT2D eigenvalue weighted by atomic mass is 9.60. The number of allylic oxidation sites excluding steroid dienone is 2. The van der Waals surface area contributed by atoms with Crippen LogP contribution in [0.25, 0.3) is 0 Å². The normalized spacial score (nSPS) is 26.0. The molecule has 0 fully saturated rings. The second-order valence-electron chi connectivity index (χ2n) is 8.40. The van der Waals surface area contributed by atoms with Gasteiger partial charge in [0.05, 0.1) is 12.2 Å². The van der Waals surface area contributed by atoms with Crippen LogP contribution in [0.4, 0.5) is 0 Å². The van der Waals surface area contributed by atoms with Gasteiger partial charge in [-0.05, 0) is 66.0 Å². The quantitative estimate of drug-likeness (QED) is 0.226. The van der Waals surface area contributed by atoms with Crippen molar-refractivity contribution in [3.8, 4) is 5.75 Å². The topological polar surface area (TPSA) is 173 Å². The number of primary amides is 1. The molecule has 0 spiro atoms. The Balaban J connectivity index is 1.79. The number of benzene rings is 1. The smallest absolute Gasteiger partial charge is 0.344 e. The average molecular weight is 583 g/mol. The number of amides is 1. The lowest BCUT2D eigenvalue weighted by Gasteiger charge is -2.46. The third-order valence-corrected chi connectivity index (χ3v) is 7.55. The standard InChI is InChI=1S/C23H22INO9/c1-2-33-15(27)8-34-14-7-10-5-9-6-11-12(24)3-4-13(26)17(11)19(28)16(9)20(29)23(10,32)21(30)18(14)22(25)31/h3-4,9-10,26,29,32H,2,5-8H2,1H3,(H2,25,31)/t9?,10-,23-/m0/s1. The van der Waals surface area contributed by atoms with Crippen LogP contribution in [-0.2, 0) is 30.3 Å². The minimum absolute atomic E-state index is 0.0131. The molecule has 3 aliphatic rings. The van der Waals surface area contributed by atoms with E-state index in [1.807, 2.05) is 0 Å². The first-order valence-electron chi connectivity index (χ1n) is 10.6. The number of Topliss-reactive ketones (excluding diaryl/α,β-unsaturated/α-hetero) is 2. The number of phenols is 1. The maximum atomic E-state index is 13.3. The zero-order valence-corrected chi connectivity index (χ0v) is 20.2. The van der Waals surface area contributed by atoms with Gasteiger partial charge in [-0.1, -0.05) is 0 Å². The number of hydrogen-bond donors (Lipinski definition) is 4. The van der Waals surface area contributed by atoms with Gasteiger partial charge in [-0.3, -0.25) is 14.4 Å². The molecule has 0 saturated carbocycles. The number of carbonyl (C=O) groups is 4. The first kappa shape index (κ1) is 24.2. The van der Waals surface area contributed by atoms with Gasteiger partial charge in [0.15, 0.2) is 18.0 Å². The molecule has 1 unspecified atom stereocenters. The number of ketones is 2. The predicted octanol–water partition coefficient (Wildman–Crippen LogP) is 1.21. The molecular weight excluding hydrogens is 561 g/mol. The van der Waals surface area contributed by atoms with E-state index in [4.69, 9.17) is 15.2 Å². The average Bonchev–Trinajstić information content (AvgIpc) is 2.77. The molecule has 1 aromatic carbocycles. The van der Waals surface area contributed by atoms with Crippen LogP contribution in [0.3, 0.4) is 0 Å². The van der Waals surface area contributed by atoms with Gasteiger partial charge in [0.25, 0.3) is 5.91 Å². The molecule has 4 rings (SSSR count). The molecule has 0 heterocycles. The molecule has 0 saturated heterocycles. The molecule has 10 nitrogen and oxygen atoms in total. The molecule has 180 valence electrons. The molecule has 0 bridgehead atoms. The Kier molecular flexibility index (Phi) is 6.19. The zero-order chi connectivity index (χ0) is 24.9. The number of aliphatic hydroxyl groups excluding tert-OH is 1. The van der Waals surface area contributed by atoms with Crippen LogP contribution in [0.1, 0.15) is 35.7 Å². The molecule has 0 radical (unpaired) electrons. The molecule has 34 heavy (non-hydrogen) atoms. The third-order valence-electron chi connectivity index (χ3n) is 6.54. The van der Waals surface area contributed by atoms with Gasteiger partial charge in [-0.25, -0.2) is 4.79 Å². The lowest BCUT2D eigenvalue weighted by molar-refractivity contribution is -0.150. The molecule has 11 heteroatoms. The van der Waals surface area contributed by atoms with Crippen LogP contribution < -0.4 is 5.73 Å². The van der Waals surface area contributed by atoms with Crippen LogP contribution in [-0.4, -0.2) is 57.6 Å². The summed E-state index contributed by atoms with van der Waals surface area (Å²) in [6, 6.07) is 3.03. The maximum absolute atomic E-state index is 13.3. The van der Waals surface area contributed by atoms with Crippen molar-refractivity contribution < 1.29 is 44.0 Å². The highest BCUT2D eigenvalue weighted by atomic mass is 127. The van der Waals surface area contributed by atoms with E-state index in [2.05, 4.69) is 22.6 Å². The van der Waals surface area contributed by atoms with Crippen molar-refractivity contribution in [2.24, 2.45) is 17.6 Å². The molecule has 5 N–H and O–H groups in total. The predicted molar refractivity (Wildman–Crippen MR) is 123 cm³/mol. The highest BCUT2D eigenvalue weighted by Crippen LogP contribution is 2.52. The first-order chi connectivity index (χ1) is 16.0. The number of esters is 1. The van der Waals surface area contributed by atoms with Crippen molar-refractivity contribution in [1.82, 2.24) is 0 Å². The third kappa shape index (κ3) is 3.57. The van der Waals surface area contributed by atoms with Crippen molar-refractivity contribution in [1.29, 1.82) is 0 Å². The van der Waals surface area contributed by atoms with E-state index in [0.29, 0.717) is 12.0 Å². The van der Waals surface area contributed by atoms with Crippen LogP contribution in [0.2, 0.25) is 0 Å². The largest absolute Gasteiger partial charge is 0.508 e. The Morgan fingerprint density at radius 3 is 2.59 bits per heavy atom. The number of halogens is 1. The first-order valence-corrected chi connectivity index (χ1v) is 11.7.